The van der Waals surface area contributed by atoms with Crippen LogP contribution in [-0.2, 0) is 16.1 Å². The molecule has 2 amide bonds. The Labute approximate surface area is 169 Å². The Balaban J connectivity index is 1.85. The van der Waals surface area contributed by atoms with Gasteiger partial charge in [0, 0.05) is 18.8 Å². The second-order valence-electron chi connectivity index (χ2n) is 6.68. The fourth-order valence-corrected chi connectivity index (χ4v) is 3.23. The maximum absolute atomic E-state index is 12.7. The van der Waals surface area contributed by atoms with E-state index < -0.39 is 18.0 Å². The predicted octanol–water partition coefficient (Wildman–Crippen LogP) is 2.59. The molecular weight excluding hydrogens is 374 g/mol. The topological polar surface area (TPSA) is 93.0 Å². The molecule has 0 saturated carbocycles. The number of nitrogens with one attached hydrogen (secondary N) is 2. The Morgan fingerprint density at radius 2 is 1.97 bits per heavy atom. The highest BCUT2D eigenvalue weighted by Crippen LogP contribution is 2.28. The van der Waals surface area contributed by atoms with Crippen molar-refractivity contribution in [3.8, 4) is 5.75 Å². The zero-order chi connectivity index (χ0) is 20.8. The lowest BCUT2D eigenvalue weighted by atomic mass is 10.00. The van der Waals surface area contributed by atoms with Crippen molar-refractivity contribution in [2.24, 2.45) is 0 Å². The molecule has 8 heteroatoms. The first-order valence-corrected chi connectivity index (χ1v) is 9.34. The molecule has 8 nitrogen and oxygen atoms in total. The summed E-state index contributed by atoms with van der Waals surface area (Å²) in [6.45, 7) is 2.95. The maximum atomic E-state index is 12.7. The number of esters is 1. The van der Waals surface area contributed by atoms with Gasteiger partial charge in [-0.05, 0) is 43.8 Å². The average Bonchev–Trinajstić information content (AvgIpc) is 3.23. The minimum atomic E-state index is -0.706. The standard InChI is InChI=1S/C21H25N3O5/c1-4-28-20(25)18-16(22-21(26)23-19(18)17-6-5-11-29-17)13-24(2)12-14-7-9-15(27-3)10-8-14/h5-11,19H,4,12-13H2,1-3H3,(H2,22,23,26)/t19-/m0/s1. The van der Waals surface area contributed by atoms with Crippen molar-refractivity contribution in [3.63, 3.8) is 0 Å². The molecule has 1 atom stereocenters. The van der Waals surface area contributed by atoms with Gasteiger partial charge in [-0.3, -0.25) is 4.90 Å². The Kier molecular flexibility index (Phi) is 6.56. The third kappa shape index (κ3) is 4.97. The largest absolute Gasteiger partial charge is 0.497 e. The minimum Gasteiger partial charge on any atom is -0.497 e. The van der Waals surface area contributed by atoms with Crippen LogP contribution in [0.1, 0.15) is 24.3 Å². The number of urea groups is 1. The number of nitrogens with zero attached hydrogens (tertiary/aromatic N) is 1. The SMILES string of the molecule is CCOC(=O)C1=C(CN(C)Cc2ccc(OC)cc2)NC(=O)N[C@H]1c1ccco1. The third-order valence-electron chi connectivity index (χ3n) is 4.52. The summed E-state index contributed by atoms with van der Waals surface area (Å²) in [5, 5.41) is 5.50. The molecule has 1 aromatic carbocycles. The summed E-state index contributed by atoms with van der Waals surface area (Å²) in [7, 11) is 3.54. The van der Waals surface area contributed by atoms with Gasteiger partial charge in [0.15, 0.2) is 0 Å². The first-order valence-electron chi connectivity index (χ1n) is 9.34. The smallest absolute Gasteiger partial charge is 0.338 e. The van der Waals surface area contributed by atoms with E-state index in [-0.39, 0.29) is 6.61 Å². The zero-order valence-corrected chi connectivity index (χ0v) is 16.7. The lowest BCUT2D eigenvalue weighted by Crippen LogP contribution is -2.48. The third-order valence-corrected chi connectivity index (χ3v) is 4.52. The zero-order valence-electron chi connectivity index (χ0n) is 16.7. The second-order valence-corrected chi connectivity index (χ2v) is 6.68. The number of furan rings is 1. The van der Waals surface area contributed by atoms with Crippen LogP contribution in [0, 0.1) is 0 Å². The van der Waals surface area contributed by atoms with Crippen molar-refractivity contribution < 1.29 is 23.5 Å². The van der Waals surface area contributed by atoms with E-state index in [4.69, 9.17) is 13.9 Å². The predicted molar refractivity (Wildman–Crippen MR) is 106 cm³/mol. The van der Waals surface area contributed by atoms with Crippen LogP contribution in [0.4, 0.5) is 4.79 Å². The van der Waals surface area contributed by atoms with Gasteiger partial charge in [0.1, 0.15) is 17.6 Å². The van der Waals surface area contributed by atoms with E-state index in [0.717, 1.165) is 11.3 Å². The van der Waals surface area contributed by atoms with Crippen LogP contribution >= 0.6 is 0 Å². The highest BCUT2D eigenvalue weighted by atomic mass is 16.5. The van der Waals surface area contributed by atoms with Crippen LogP contribution in [0.15, 0.2) is 58.3 Å². The first-order chi connectivity index (χ1) is 14.0. The summed E-state index contributed by atoms with van der Waals surface area (Å²) < 4.78 is 15.9. The van der Waals surface area contributed by atoms with E-state index in [1.165, 1.54) is 6.26 Å². The molecule has 2 heterocycles. The average molecular weight is 399 g/mol. The molecule has 0 spiro atoms. The molecular formula is C21H25N3O5. The number of carbonyl (C=O) groups excluding carboxylic acids is 2. The van der Waals surface area contributed by atoms with Crippen LogP contribution in [0.25, 0.3) is 0 Å². The molecule has 29 heavy (non-hydrogen) atoms. The number of amides is 2. The van der Waals surface area contributed by atoms with Gasteiger partial charge < -0.3 is 24.5 Å². The van der Waals surface area contributed by atoms with Crippen molar-refractivity contribution in [2.75, 3.05) is 27.3 Å². The van der Waals surface area contributed by atoms with Gasteiger partial charge in [-0.15, -0.1) is 0 Å². The van der Waals surface area contributed by atoms with Gasteiger partial charge in [-0.25, -0.2) is 9.59 Å². The molecule has 1 aromatic heterocycles. The number of carbonyl (C=O) groups is 2. The number of benzene rings is 1. The summed E-state index contributed by atoms with van der Waals surface area (Å²) in [6, 6.07) is 10.1. The number of hydrogen-bond donors (Lipinski definition) is 2. The Morgan fingerprint density at radius 1 is 1.21 bits per heavy atom. The maximum Gasteiger partial charge on any atom is 0.338 e. The van der Waals surface area contributed by atoms with Gasteiger partial charge >= 0.3 is 12.0 Å². The highest BCUT2D eigenvalue weighted by molar-refractivity contribution is 5.95. The fraction of sp³-hybridized carbons (Fsp3) is 0.333. The summed E-state index contributed by atoms with van der Waals surface area (Å²) in [5.41, 5.74) is 1.90. The number of methoxy groups -OCH3 is 1. The van der Waals surface area contributed by atoms with Crippen molar-refractivity contribution >= 4 is 12.0 Å². The van der Waals surface area contributed by atoms with Gasteiger partial charge in [-0.1, -0.05) is 12.1 Å². The number of likely N-dealkylation sites (N-methyl/N-ethyl adjacent to an activating group) is 1. The van der Waals surface area contributed by atoms with Gasteiger partial charge in [0.2, 0.25) is 0 Å². The van der Waals surface area contributed by atoms with Gasteiger partial charge in [0.05, 0.1) is 25.6 Å². The molecule has 0 fully saturated rings. The number of rotatable bonds is 8. The van der Waals surface area contributed by atoms with Crippen molar-refractivity contribution in [1.29, 1.82) is 0 Å². The Morgan fingerprint density at radius 3 is 2.59 bits per heavy atom. The number of ether oxygens (including phenoxy) is 2. The molecule has 1 aliphatic heterocycles. The Bertz CT molecular complexity index is 874. The van der Waals surface area contributed by atoms with Gasteiger partial charge in [0.25, 0.3) is 0 Å². The van der Waals surface area contributed by atoms with Crippen molar-refractivity contribution in [3.05, 3.63) is 65.3 Å². The normalized spacial score (nSPS) is 16.4. The quantitative estimate of drug-likeness (QED) is 0.663. The summed E-state index contributed by atoms with van der Waals surface area (Å²) in [5.74, 6) is 0.767. The molecule has 0 aliphatic carbocycles. The van der Waals surface area contributed by atoms with Crippen LogP contribution < -0.4 is 15.4 Å². The fourth-order valence-electron chi connectivity index (χ4n) is 3.23. The highest BCUT2D eigenvalue weighted by Gasteiger charge is 2.35. The van der Waals surface area contributed by atoms with Crippen molar-refractivity contribution in [2.45, 2.75) is 19.5 Å². The first kappa shape index (κ1) is 20.5. The van der Waals surface area contributed by atoms with E-state index in [2.05, 4.69) is 10.6 Å². The molecule has 0 radical (unpaired) electrons. The summed E-state index contributed by atoms with van der Waals surface area (Å²) >= 11 is 0. The van der Waals surface area contributed by atoms with Crippen LogP contribution in [0.5, 0.6) is 5.75 Å². The van der Waals surface area contributed by atoms with E-state index >= 15 is 0 Å². The van der Waals surface area contributed by atoms with E-state index in [1.54, 1.807) is 26.2 Å². The van der Waals surface area contributed by atoms with Crippen LogP contribution in [0.2, 0.25) is 0 Å². The second kappa shape index (κ2) is 9.29. The molecule has 2 aromatic rings. The van der Waals surface area contributed by atoms with Gasteiger partial charge in [-0.2, -0.15) is 0 Å². The monoisotopic (exact) mass is 399 g/mol. The summed E-state index contributed by atoms with van der Waals surface area (Å²) in [6.07, 6.45) is 1.50. The lowest BCUT2D eigenvalue weighted by molar-refractivity contribution is -0.139. The minimum absolute atomic E-state index is 0.232. The molecule has 3 rings (SSSR count). The van der Waals surface area contributed by atoms with Crippen molar-refractivity contribution in [1.82, 2.24) is 15.5 Å². The molecule has 2 N–H and O–H groups in total. The van der Waals surface area contributed by atoms with E-state index in [9.17, 15) is 9.59 Å². The lowest BCUT2D eigenvalue weighted by Gasteiger charge is -2.30. The van der Waals surface area contributed by atoms with E-state index in [1.807, 2.05) is 36.2 Å². The molecule has 0 unspecified atom stereocenters. The van der Waals surface area contributed by atoms with E-state index in [0.29, 0.717) is 30.1 Å². The molecule has 154 valence electrons. The van der Waals surface area contributed by atoms with Crippen LogP contribution in [0.3, 0.4) is 0 Å². The molecule has 1 aliphatic rings. The molecule has 0 saturated heterocycles. The Hall–Kier alpha value is -3.26. The van der Waals surface area contributed by atoms with Crippen LogP contribution in [-0.4, -0.2) is 44.2 Å². The summed E-state index contributed by atoms with van der Waals surface area (Å²) in [4.78, 5) is 26.9. The number of hydrogen-bond acceptors (Lipinski definition) is 6. The molecule has 0 bridgehead atoms.